The Morgan fingerprint density at radius 3 is 2.68 bits per heavy atom. The predicted molar refractivity (Wildman–Crippen MR) is 128 cm³/mol. The minimum absolute atomic E-state index is 0.0725. The van der Waals surface area contributed by atoms with Crippen molar-refractivity contribution in [3.8, 4) is 5.95 Å². The summed E-state index contributed by atoms with van der Waals surface area (Å²) >= 11 is 6.24. The van der Waals surface area contributed by atoms with Crippen LogP contribution in [0.4, 0.5) is 10.2 Å². The maximum Gasteiger partial charge on any atom is 0.330 e. The summed E-state index contributed by atoms with van der Waals surface area (Å²) in [6.45, 7) is 0.731. The van der Waals surface area contributed by atoms with Crippen LogP contribution >= 0.6 is 11.6 Å². The Morgan fingerprint density at radius 2 is 1.94 bits per heavy atom. The van der Waals surface area contributed by atoms with Gasteiger partial charge >= 0.3 is 5.69 Å². The number of aliphatic hydroxyl groups is 1. The molecule has 34 heavy (non-hydrogen) atoms. The van der Waals surface area contributed by atoms with Gasteiger partial charge in [-0.1, -0.05) is 11.6 Å². The first-order valence-electron chi connectivity index (χ1n) is 11.6. The van der Waals surface area contributed by atoms with Gasteiger partial charge < -0.3 is 10.0 Å². The normalized spacial score (nSPS) is 23.4. The van der Waals surface area contributed by atoms with Crippen molar-refractivity contribution in [1.29, 1.82) is 0 Å². The molecule has 6 rings (SSSR count). The number of hydrogen-bond donors (Lipinski definition) is 1. The fraction of sp³-hybridized carbons (Fsp3) is 0.478. The third-order valence-corrected chi connectivity index (χ3v) is 7.31. The lowest BCUT2D eigenvalue weighted by molar-refractivity contribution is 0.110. The summed E-state index contributed by atoms with van der Waals surface area (Å²) in [6, 6.07) is 5.32. The number of aryl methyl sites for hydroxylation is 1. The highest BCUT2D eigenvalue weighted by Crippen LogP contribution is 2.34. The van der Waals surface area contributed by atoms with Gasteiger partial charge in [0.1, 0.15) is 18.0 Å². The average Bonchev–Trinajstić information content (AvgIpc) is 3.51. The highest BCUT2D eigenvalue weighted by Gasteiger charge is 2.31. The second kappa shape index (κ2) is 8.06. The maximum absolute atomic E-state index is 14.2. The molecule has 3 aromatic heterocycles. The van der Waals surface area contributed by atoms with Crippen LogP contribution in [0, 0.1) is 0 Å². The molecule has 1 aliphatic heterocycles. The van der Waals surface area contributed by atoms with Crippen molar-refractivity contribution in [1.82, 2.24) is 28.7 Å². The zero-order chi connectivity index (χ0) is 23.6. The summed E-state index contributed by atoms with van der Waals surface area (Å²) in [4.78, 5) is 29.4. The van der Waals surface area contributed by atoms with Crippen LogP contribution in [0.5, 0.6) is 0 Å². The smallest absolute Gasteiger partial charge is 0.330 e. The fourth-order valence-electron chi connectivity index (χ4n) is 5.26. The number of aliphatic hydroxyl groups excluding tert-OH is 1. The Balaban J connectivity index is 1.61. The molecule has 0 spiro atoms. The zero-order valence-electron chi connectivity index (χ0n) is 18.7. The average molecular weight is 486 g/mol. The van der Waals surface area contributed by atoms with E-state index in [2.05, 4.69) is 4.98 Å². The highest BCUT2D eigenvalue weighted by atomic mass is 35.5. The summed E-state index contributed by atoms with van der Waals surface area (Å²) < 4.78 is 19.2. The van der Waals surface area contributed by atoms with Crippen molar-refractivity contribution < 1.29 is 9.50 Å². The van der Waals surface area contributed by atoms with E-state index in [-0.39, 0.29) is 24.4 Å². The van der Waals surface area contributed by atoms with E-state index in [1.807, 2.05) is 11.0 Å². The van der Waals surface area contributed by atoms with E-state index in [0.717, 1.165) is 11.0 Å². The van der Waals surface area contributed by atoms with Crippen LogP contribution in [0.1, 0.15) is 38.1 Å². The van der Waals surface area contributed by atoms with Gasteiger partial charge in [0.25, 0.3) is 0 Å². The molecule has 11 heteroatoms. The van der Waals surface area contributed by atoms with Crippen LogP contribution in [0.25, 0.3) is 28.1 Å². The molecule has 1 aliphatic carbocycles. The van der Waals surface area contributed by atoms with Gasteiger partial charge in [-0.25, -0.2) is 14.2 Å². The summed E-state index contributed by atoms with van der Waals surface area (Å²) in [7, 11) is 1.71. The molecule has 0 unspecified atom stereocenters. The molecular weight excluding hydrogens is 461 g/mol. The van der Waals surface area contributed by atoms with Gasteiger partial charge in [0, 0.05) is 24.7 Å². The third-order valence-electron chi connectivity index (χ3n) is 7.08. The maximum atomic E-state index is 14.2. The Bertz CT molecular complexity index is 1450. The predicted octanol–water partition coefficient (Wildman–Crippen LogP) is 3.15. The Hall–Kier alpha value is -2.98. The number of alkyl halides is 1. The molecule has 9 nitrogen and oxygen atoms in total. The lowest BCUT2D eigenvalue weighted by Gasteiger charge is -2.26. The van der Waals surface area contributed by atoms with E-state index in [0.29, 0.717) is 66.6 Å². The molecule has 1 aromatic carbocycles. The number of nitrogens with zero attached hydrogens (tertiary/aromatic N) is 7. The summed E-state index contributed by atoms with van der Waals surface area (Å²) in [5.74, 6) is 0.892. The van der Waals surface area contributed by atoms with Crippen molar-refractivity contribution in [3.63, 3.8) is 0 Å². The largest absolute Gasteiger partial charge is 0.393 e. The van der Waals surface area contributed by atoms with E-state index in [1.54, 1.807) is 39.2 Å². The topological polar surface area (TPSA) is 94.0 Å². The summed E-state index contributed by atoms with van der Waals surface area (Å²) in [6.07, 6.45) is 3.42. The number of fused-ring (bicyclic) bond motifs is 2. The molecule has 0 bridgehead atoms. The van der Waals surface area contributed by atoms with E-state index in [4.69, 9.17) is 21.6 Å². The molecule has 4 heterocycles. The number of anilines is 1. The first-order chi connectivity index (χ1) is 16.4. The monoisotopic (exact) mass is 485 g/mol. The molecule has 2 aliphatic rings. The third kappa shape index (κ3) is 3.39. The van der Waals surface area contributed by atoms with Crippen LogP contribution in [-0.4, -0.2) is 59.1 Å². The first kappa shape index (κ1) is 21.5. The molecule has 1 saturated carbocycles. The van der Waals surface area contributed by atoms with E-state index >= 15 is 0 Å². The summed E-state index contributed by atoms with van der Waals surface area (Å²) in [5.41, 5.74) is 2.41. The molecule has 1 saturated heterocycles. The van der Waals surface area contributed by atoms with Crippen LogP contribution in [0.3, 0.4) is 0 Å². The fourth-order valence-corrected chi connectivity index (χ4v) is 5.43. The molecule has 4 aromatic rings. The molecule has 1 N–H and O–H groups in total. The van der Waals surface area contributed by atoms with E-state index in [9.17, 15) is 14.3 Å². The quantitative estimate of drug-likeness (QED) is 0.479. The zero-order valence-corrected chi connectivity index (χ0v) is 19.5. The van der Waals surface area contributed by atoms with Crippen LogP contribution in [0.15, 0.2) is 29.3 Å². The SMILES string of the molecule is Cn1c(=O)n([C@H]2CC[C@H](O)CC2)c2nc(-n3cnc4ccc(Cl)cc43)nc(N3CC[C@@H](F)C3)c21. The van der Waals surface area contributed by atoms with Gasteiger partial charge in [0.2, 0.25) is 5.95 Å². The Kier molecular flexibility index (Phi) is 5.11. The summed E-state index contributed by atoms with van der Waals surface area (Å²) in [5, 5.41) is 10.5. The minimum Gasteiger partial charge on any atom is -0.393 e. The van der Waals surface area contributed by atoms with Gasteiger partial charge in [0.05, 0.1) is 23.7 Å². The number of benzene rings is 1. The van der Waals surface area contributed by atoms with Gasteiger partial charge in [-0.05, 0) is 50.3 Å². The lowest BCUT2D eigenvalue weighted by atomic mass is 9.93. The second-order valence-electron chi connectivity index (χ2n) is 9.27. The molecular formula is C23H25ClFN7O2. The van der Waals surface area contributed by atoms with Gasteiger partial charge in [0.15, 0.2) is 11.5 Å². The minimum atomic E-state index is -0.944. The van der Waals surface area contributed by atoms with Gasteiger partial charge in [-0.2, -0.15) is 9.97 Å². The standard InChI is InChI=1S/C23H25ClFN7O2/c1-29-19-20(30-9-8-14(25)11-30)27-22(31-12-26-17-7-2-13(24)10-18(17)31)28-21(19)32(23(29)34)15-3-5-16(33)6-4-15/h2,7,10,12,14-16,33H,3-6,8-9,11H2,1H3/t14-,15-,16-/m1/s1. The van der Waals surface area contributed by atoms with Gasteiger partial charge in [-0.15, -0.1) is 0 Å². The Labute approximate surface area is 199 Å². The number of halogens is 2. The second-order valence-corrected chi connectivity index (χ2v) is 9.71. The number of imidazole rings is 2. The van der Waals surface area contributed by atoms with E-state index < -0.39 is 6.17 Å². The molecule has 2 fully saturated rings. The lowest BCUT2D eigenvalue weighted by Crippen LogP contribution is -2.30. The Morgan fingerprint density at radius 1 is 1.15 bits per heavy atom. The number of rotatable bonds is 3. The van der Waals surface area contributed by atoms with Gasteiger partial charge in [-0.3, -0.25) is 13.7 Å². The first-order valence-corrected chi connectivity index (χ1v) is 12.0. The van der Waals surface area contributed by atoms with E-state index in [1.165, 1.54) is 0 Å². The van der Waals surface area contributed by atoms with Crippen LogP contribution < -0.4 is 10.6 Å². The van der Waals surface area contributed by atoms with Crippen molar-refractivity contribution in [2.75, 3.05) is 18.0 Å². The molecule has 178 valence electrons. The molecule has 0 amide bonds. The number of aromatic nitrogens is 6. The van der Waals surface area contributed by atoms with Crippen molar-refractivity contribution >= 4 is 39.6 Å². The van der Waals surface area contributed by atoms with Crippen LogP contribution in [-0.2, 0) is 7.05 Å². The van der Waals surface area contributed by atoms with Crippen molar-refractivity contribution in [2.24, 2.45) is 7.05 Å². The molecule has 1 atom stereocenters. The van der Waals surface area contributed by atoms with Crippen molar-refractivity contribution in [3.05, 3.63) is 40.0 Å². The number of hydrogen-bond acceptors (Lipinski definition) is 6. The van der Waals surface area contributed by atoms with Crippen LogP contribution in [0.2, 0.25) is 5.02 Å². The molecule has 0 radical (unpaired) electrons. The van der Waals surface area contributed by atoms with Crippen molar-refractivity contribution in [2.45, 2.75) is 50.4 Å². The highest BCUT2D eigenvalue weighted by molar-refractivity contribution is 6.31.